The highest BCUT2D eigenvalue weighted by atomic mass is 35.7. The number of nitrogens with one attached hydrogen (secondary N) is 1. The molecule has 112 valence electrons. The number of aromatic nitrogens is 2. The fourth-order valence-corrected chi connectivity index (χ4v) is 2.25. The van der Waals surface area contributed by atoms with Crippen LogP contribution in [-0.4, -0.2) is 35.1 Å². The van der Waals surface area contributed by atoms with Crippen molar-refractivity contribution in [3.05, 3.63) is 16.3 Å². The average molecular weight is 325 g/mol. The van der Waals surface area contributed by atoms with Gasteiger partial charge in [-0.2, -0.15) is 4.68 Å². The summed E-state index contributed by atoms with van der Waals surface area (Å²) < 4.78 is 23.2. The highest BCUT2D eigenvalue weighted by Crippen LogP contribution is 2.24. The van der Waals surface area contributed by atoms with Crippen LogP contribution in [0.15, 0.2) is 11.1 Å². The molecule has 0 aliphatic heterocycles. The Hall–Kier alpha value is -1.68. The molecule has 1 amide bonds. The zero-order valence-corrected chi connectivity index (χ0v) is 12.3. The minimum absolute atomic E-state index is 0.0655. The first-order chi connectivity index (χ1) is 9.15. The van der Waals surface area contributed by atoms with Gasteiger partial charge in [0.2, 0.25) is 10.8 Å². The molecule has 0 aliphatic rings. The molecule has 0 aromatic carbocycles. The average Bonchev–Trinajstić information content (AvgIpc) is 2.72. The van der Waals surface area contributed by atoms with Crippen molar-refractivity contribution in [2.45, 2.75) is 37.8 Å². The van der Waals surface area contributed by atoms with Crippen molar-refractivity contribution < 1.29 is 18.1 Å². The van der Waals surface area contributed by atoms with Gasteiger partial charge in [0.1, 0.15) is 6.54 Å². The first kappa shape index (κ1) is 16.4. The first-order valence-electron chi connectivity index (χ1n) is 5.61. The van der Waals surface area contributed by atoms with Crippen molar-refractivity contribution >= 4 is 31.5 Å². The zero-order valence-electron chi connectivity index (χ0n) is 10.7. The lowest BCUT2D eigenvalue weighted by molar-refractivity contribution is -0.392. The van der Waals surface area contributed by atoms with E-state index in [-0.39, 0.29) is 12.6 Å². The summed E-state index contributed by atoms with van der Waals surface area (Å²) in [5, 5.41) is 16.8. The Morgan fingerprint density at radius 2 is 2.25 bits per heavy atom. The van der Waals surface area contributed by atoms with E-state index in [0.717, 1.165) is 10.9 Å². The molecular weight excluding hydrogens is 312 g/mol. The maximum Gasteiger partial charge on any atom is 0.410 e. The Balaban J connectivity index is 2.99. The van der Waals surface area contributed by atoms with E-state index in [1.807, 2.05) is 6.92 Å². The molecule has 1 aromatic rings. The van der Waals surface area contributed by atoms with E-state index in [1.54, 1.807) is 6.92 Å². The minimum atomic E-state index is -4.31. The minimum Gasteiger partial charge on any atom is -0.358 e. The Morgan fingerprint density at radius 3 is 2.65 bits per heavy atom. The van der Waals surface area contributed by atoms with E-state index in [4.69, 9.17) is 10.7 Å². The monoisotopic (exact) mass is 324 g/mol. The molecule has 1 rings (SSSR count). The summed E-state index contributed by atoms with van der Waals surface area (Å²) in [4.78, 5) is 20.6. The van der Waals surface area contributed by atoms with Crippen LogP contribution in [0.1, 0.15) is 20.3 Å². The van der Waals surface area contributed by atoms with Gasteiger partial charge in [-0.05, 0) is 18.3 Å². The van der Waals surface area contributed by atoms with E-state index in [9.17, 15) is 23.3 Å². The molecule has 1 atom stereocenters. The van der Waals surface area contributed by atoms with Crippen LogP contribution < -0.4 is 5.32 Å². The molecule has 0 spiro atoms. The number of amides is 1. The van der Waals surface area contributed by atoms with Gasteiger partial charge in [-0.25, -0.2) is 8.42 Å². The highest BCUT2D eigenvalue weighted by molar-refractivity contribution is 8.13. The van der Waals surface area contributed by atoms with Crippen LogP contribution >= 0.6 is 10.7 Å². The van der Waals surface area contributed by atoms with Gasteiger partial charge < -0.3 is 15.4 Å². The summed E-state index contributed by atoms with van der Waals surface area (Å²) in [6, 6.07) is -0.0655. The van der Waals surface area contributed by atoms with Gasteiger partial charge in [-0.3, -0.25) is 4.79 Å². The lowest BCUT2D eigenvalue weighted by atomic mass is 10.2. The summed E-state index contributed by atoms with van der Waals surface area (Å²) in [6.45, 7) is 3.33. The smallest absolute Gasteiger partial charge is 0.358 e. The number of hydrogen-bond donors (Lipinski definition) is 1. The lowest BCUT2D eigenvalue weighted by Crippen LogP contribution is -2.34. The summed E-state index contributed by atoms with van der Waals surface area (Å²) in [7, 11) is 0.773. The van der Waals surface area contributed by atoms with Crippen molar-refractivity contribution in [2.75, 3.05) is 0 Å². The van der Waals surface area contributed by atoms with E-state index in [1.165, 1.54) is 0 Å². The number of carbonyl (C=O) groups excluding carboxylic acids is 1. The molecule has 1 unspecified atom stereocenters. The molecule has 9 nitrogen and oxygen atoms in total. The summed E-state index contributed by atoms with van der Waals surface area (Å²) in [5.41, 5.74) is 0. The summed E-state index contributed by atoms with van der Waals surface area (Å²) in [6.07, 6.45) is 1.57. The Kier molecular flexibility index (Phi) is 5.06. The van der Waals surface area contributed by atoms with Crippen molar-refractivity contribution in [3.63, 3.8) is 0 Å². The van der Waals surface area contributed by atoms with E-state index < -0.39 is 30.6 Å². The molecule has 11 heteroatoms. The molecule has 0 saturated carbocycles. The van der Waals surface area contributed by atoms with Gasteiger partial charge in [0.25, 0.3) is 9.05 Å². The molecule has 0 aliphatic carbocycles. The largest absolute Gasteiger partial charge is 0.410 e. The quantitative estimate of drug-likeness (QED) is 0.465. The van der Waals surface area contributed by atoms with E-state index in [0.29, 0.717) is 6.42 Å². The molecule has 1 N–H and O–H groups in total. The topological polar surface area (TPSA) is 124 Å². The number of carbonyl (C=O) groups is 1. The third kappa shape index (κ3) is 4.17. The molecular formula is C9H13ClN4O5S. The fourth-order valence-electron chi connectivity index (χ4n) is 1.34. The van der Waals surface area contributed by atoms with Gasteiger partial charge in [0.05, 0.1) is 11.3 Å². The molecule has 0 bridgehead atoms. The van der Waals surface area contributed by atoms with Gasteiger partial charge in [0.15, 0.2) is 0 Å². The van der Waals surface area contributed by atoms with E-state index in [2.05, 4.69) is 10.4 Å². The van der Waals surface area contributed by atoms with Crippen LogP contribution in [0.25, 0.3) is 0 Å². The van der Waals surface area contributed by atoms with Crippen molar-refractivity contribution in [1.29, 1.82) is 0 Å². The third-order valence-electron chi connectivity index (χ3n) is 2.47. The van der Waals surface area contributed by atoms with Crippen LogP contribution in [0.5, 0.6) is 0 Å². The van der Waals surface area contributed by atoms with Gasteiger partial charge in [-0.1, -0.05) is 6.92 Å². The third-order valence-corrected chi connectivity index (χ3v) is 3.78. The van der Waals surface area contributed by atoms with Crippen LogP contribution in [-0.2, 0) is 20.4 Å². The van der Waals surface area contributed by atoms with Gasteiger partial charge in [-0.15, -0.1) is 0 Å². The van der Waals surface area contributed by atoms with Crippen molar-refractivity contribution in [2.24, 2.45) is 0 Å². The number of hydrogen-bond acceptors (Lipinski definition) is 6. The fraction of sp³-hybridized carbons (Fsp3) is 0.556. The predicted molar refractivity (Wildman–Crippen MR) is 69.8 cm³/mol. The second-order valence-electron chi connectivity index (χ2n) is 4.09. The normalized spacial score (nSPS) is 12.9. The SMILES string of the molecule is CCC(C)NC(=O)Cn1cc(S(=O)(=O)Cl)c([N+](=O)[O-])n1. The lowest BCUT2D eigenvalue weighted by Gasteiger charge is -2.09. The van der Waals surface area contributed by atoms with Crippen LogP contribution in [0.2, 0.25) is 0 Å². The molecule has 1 aromatic heterocycles. The highest BCUT2D eigenvalue weighted by Gasteiger charge is 2.30. The molecule has 1 heterocycles. The van der Waals surface area contributed by atoms with Crippen LogP contribution in [0.4, 0.5) is 5.82 Å². The van der Waals surface area contributed by atoms with Crippen molar-refractivity contribution in [3.8, 4) is 0 Å². The standard InChI is InChI=1S/C9H13ClN4O5S/c1-3-6(2)11-8(15)5-13-4-7(20(10,18)19)9(12-13)14(16)17/h4,6H,3,5H2,1-2H3,(H,11,15). The summed E-state index contributed by atoms with van der Waals surface area (Å²) in [5.74, 6) is -1.34. The van der Waals surface area contributed by atoms with Gasteiger partial charge in [0, 0.05) is 16.7 Å². The zero-order chi connectivity index (χ0) is 15.5. The predicted octanol–water partition coefficient (Wildman–Crippen LogP) is 0.634. The number of nitro groups is 1. The van der Waals surface area contributed by atoms with Gasteiger partial charge >= 0.3 is 5.82 Å². The molecule has 20 heavy (non-hydrogen) atoms. The second kappa shape index (κ2) is 6.18. The van der Waals surface area contributed by atoms with Crippen LogP contribution in [0.3, 0.4) is 0 Å². The molecule has 0 saturated heterocycles. The summed E-state index contributed by atoms with van der Waals surface area (Å²) >= 11 is 0. The molecule has 0 radical (unpaired) electrons. The van der Waals surface area contributed by atoms with E-state index >= 15 is 0 Å². The molecule has 0 fully saturated rings. The number of nitrogens with zero attached hydrogens (tertiary/aromatic N) is 3. The number of rotatable bonds is 6. The second-order valence-corrected chi connectivity index (χ2v) is 6.62. The maximum absolute atomic E-state index is 11.6. The number of halogens is 1. The first-order valence-corrected chi connectivity index (χ1v) is 7.92. The Morgan fingerprint density at radius 1 is 1.65 bits per heavy atom. The van der Waals surface area contributed by atoms with Crippen LogP contribution in [0, 0.1) is 10.1 Å². The Labute approximate surface area is 119 Å². The van der Waals surface area contributed by atoms with Crippen molar-refractivity contribution in [1.82, 2.24) is 15.1 Å². The Bertz CT molecular complexity index is 626. The maximum atomic E-state index is 11.6.